The molecule has 1 aliphatic rings. The van der Waals surface area contributed by atoms with Crippen LogP contribution in [0.4, 0.5) is 0 Å². The Balaban J connectivity index is 1.83. The van der Waals surface area contributed by atoms with Gasteiger partial charge in [-0.25, -0.2) is 0 Å². The van der Waals surface area contributed by atoms with Crippen LogP contribution in [0, 0.1) is 5.92 Å². The van der Waals surface area contributed by atoms with Crippen molar-refractivity contribution in [1.29, 1.82) is 0 Å². The third-order valence-electron chi connectivity index (χ3n) is 3.25. The van der Waals surface area contributed by atoms with E-state index in [-0.39, 0.29) is 11.9 Å². The van der Waals surface area contributed by atoms with Gasteiger partial charge in [0.1, 0.15) is 0 Å². The summed E-state index contributed by atoms with van der Waals surface area (Å²) in [7, 11) is 0. The van der Waals surface area contributed by atoms with Crippen LogP contribution in [0.25, 0.3) is 0 Å². The Kier molecular flexibility index (Phi) is 4.66. The van der Waals surface area contributed by atoms with E-state index in [0.717, 1.165) is 5.75 Å². The van der Waals surface area contributed by atoms with E-state index in [9.17, 15) is 4.79 Å². The van der Waals surface area contributed by atoms with Crippen LogP contribution in [-0.2, 0) is 5.75 Å². The lowest BCUT2D eigenvalue weighted by molar-refractivity contribution is 0.0950. The van der Waals surface area contributed by atoms with Gasteiger partial charge in [-0.05, 0) is 42.7 Å². The van der Waals surface area contributed by atoms with E-state index in [2.05, 4.69) is 11.6 Å². The third kappa shape index (κ3) is 3.75. The molecular weight excluding hydrogens is 244 g/mol. The number of benzene rings is 1. The molecule has 0 radical (unpaired) electrons. The quantitative estimate of drug-likeness (QED) is 0.826. The van der Waals surface area contributed by atoms with E-state index in [1.165, 1.54) is 18.4 Å². The maximum Gasteiger partial charge on any atom is 0.251 e. The average Bonchev–Trinajstić information content (AvgIpc) is 3.21. The highest BCUT2D eigenvalue weighted by molar-refractivity contribution is 7.97. The summed E-state index contributed by atoms with van der Waals surface area (Å²) in [6.45, 7) is 0.579. The first-order valence-corrected chi connectivity index (χ1v) is 7.71. The molecule has 1 fully saturated rings. The Bertz CT molecular complexity index is 401. The van der Waals surface area contributed by atoms with Crippen LogP contribution < -0.4 is 11.1 Å². The number of carbonyl (C=O) groups is 1. The molecule has 1 atom stereocenters. The Labute approximate surface area is 113 Å². The summed E-state index contributed by atoms with van der Waals surface area (Å²) in [5, 5.41) is 2.90. The standard InChI is InChI=1S/C14H20N2OS/c1-18-9-10-2-4-12(5-3-10)14(17)16-8-13(15)11-6-7-11/h2-5,11,13H,6-9,15H2,1H3,(H,16,17). The van der Waals surface area contributed by atoms with Crippen molar-refractivity contribution in [3.63, 3.8) is 0 Å². The number of hydrogen-bond donors (Lipinski definition) is 2. The molecule has 0 spiro atoms. The summed E-state index contributed by atoms with van der Waals surface area (Å²) >= 11 is 1.78. The molecule has 4 heteroatoms. The van der Waals surface area contributed by atoms with Gasteiger partial charge < -0.3 is 11.1 Å². The van der Waals surface area contributed by atoms with E-state index in [0.29, 0.717) is 18.0 Å². The van der Waals surface area contributed by atoms with Gasteiger partial charge in [-0.3, -0.25) is 4.79 Å². The molecule has 3 N–H and O–H groups in total. The number of hydrogen-bond acceptors (Lipinski definition) is 3. The average molecular weight is 264 g/mol. The van der Waals surface area contributed by atoms with Gasteiger partial charge in [0.2, 0.25) is 0 Å². The Morgan fingerprint density at radius 2 is 2.11 bits per heavy atom. The topological polar surface area (TPSA) is 55.1 Å². The molecule has 0 aliphatic heterocycles. The minimum atomic E-state index is -0.0261. The van der Waals surface area contributed by atoms with Crippen molar-refractivity contribution in [2.75, 3.05) is 12.8 Å². The van der Waals surface area contributed by atoms with E-state index in [1.54, 1.807) is 11.8 Å². The zero-order valence-electron chi connectivity index (χ0n) is 10.7. The van der Waals surface area contributed by atoms with Crippen LogP contribution in [0.15, 0.2) is 24.3 Å². The molecule has 2 rings (SSSR count). The second kappa shape index (κ2) is 6.25. The number of carbonyl (C=O) groups excluding carboxylic acids is 1. The molecule has 1 unspecified atom stereocenters. The number of rotatable bonds is 6. The maximum atomic E-state index is 11.9. The summed E-state index contributed by atoms with van der Waals surface area (Å²) in [6, 6.07) is 7.88. The van der Waals surface area contributed by atoms with Gasteiger partial charge in [0.25, 0.3) is 5.91 Å². The van der Waals surface area contributed by atoms with E-state index < -0.39 is 0 Å². The smallest absolute Gasteiger partial charge is 0.251 e. The maximum absolute atomic E-state index is 11.9. The van der Waals surface area contributed by atoms with Crippen LogP contribution in [-0.4, -0.2) is 24.7 Å². The summed E-state index contributed by atoms with van der Waals surface area (Å²) in [5.41, 5.74) is 7.91. The van der Waals surface area contributed by atoms with Gasteiger partial charge in [0.05, 0.1) is 0 Å². The van der Waals surface area contributed by atoms with Crippen LogP contribution >= 0.6 is 11.8 Å². The van der Waals surface area contributed by atoms with Crippen molar-refractivity contribution in [1.82, 2.24) is 5.32 Å². The number of thioether (sulfide) groups is 1. The molecule has 0 heterocycles. The van der Waals surface area contributed by atoms with E-state index in [4.69, 9.17) is 5.73 Å². The molecule has 0 bridgehead atoms. The fourth-order valence-corrected chi connectivity index (χ4v) is 2.45. The predicted octanol–water partition coefficient (Wildman–Crippen LogP) is 2.02. The van der Waals surface area contributed by atoms with Crippen LogP contribution in [0.2, 0.25) is 0 Å². The minimum absolute atomic E-state index is 0.0261. The summed E-state index contributed by atoms with van der Waals surface area (Å²) in [6.07, 6.45) is 4.49. The molecular formula is C14H20N2OS. The molecule has 1 aromatic rings. The zero-order chi connectivity index (χ0) is 13.0. The Hall–Kier alpha value is -1.00. The van der Waals surface area contributed by atoms with Gasteiger partial charge in [-0.2, -0.15) is 11.8 Å². The van der Waals surface area contributed by atoms with Gasteiger partial charge in [-0.15, -0.1) is 0 Å². The lowest BCUT2D eigenvalue weighted by Gasteiger charge is -2.11. The molecule has 1 aromatic carbocycles. The minimum Gasteiger partial charge on any atom is -0.350 e. The monoisotopic (exact) mass is 264 g/mol. The van der Waals surface area contributed by atoms with Crippen molar-refractivity contribution in [2.45, 2.75) is 24.6 Å². The highest BCUT2D eigenvalue weighted by Gasteiger charge is 2.28. The molecule has 1 aliphatic carbocycles. The van der Waals surface area contributed by atoms with Crippen LogP contribution in [0.1, 0.15) is 28.8 Å². The van der Waals surface area contributed by atoms with Gasteiger partial charge in [0.15, 0.2) is 0 Å². The molecule has 1 saturated carbocycles. The lowest BCUT2D eigenvalue weighted by atomic mass is 10.1. The first-order valence-electron chi connectivity index (χ1n) is 6.32. The molecule has 18 heavy (non-hydrogen) atoms. The Morgan fingerprint density at radius 3 is 2.67 bits per heavy atom. The molecule has 0 aromatic heterocycles. The second-order valence-electron chi connectivity index (χ2n) is 4.84. The number of nitrogens with two attached hydrogens (primary N) is 1. The van der Waals surface area contributed by atoms with E-state index in [1.807, 2.05) is 24.3 Å². The number of nitrogens with one attached hydrogen (secondary N) is 1. The van der Waals surface area contributed by atoms with Crippen molar-refractivity contribution >= 4 is 17.7 Å². The zero-order valence-corrected chi connectivity index (χ0v) is 11.5. The van der Waals surface area contributed by atoms with Crippen molar-refractivity contribution < 1.29 is 4.79 Å². The van der Waals surface area contributed by atoms with Gasteiger partial charge in [-0.1, -0.05) is 12.1 Å². The van der Waals surface area contributed by atoms with Crippen LogP contribution in [0.5, 0.6) is 0 Å². The Morgan fingerprint density at radius 1 is 1.44 bits per heavy atom. The fraction of sp³-hybridized carbons (Fsp3) is 0.500. The highest BCUT2D eigenvalue weighted by atomic mass is 32.2. The van der Waals surface area contributed by atoms with Crippen molar-refractivity contribution in [2.24, 2.45) is 11.7 Å². The van der Waals surface area contributed by atoms with Gasteiger partial charge in [0, 0.05) is 23.9 Å². The molecule has 0 saturated heterocycles. The van der Waals surface area contributed by atoms with Crippen molar-refractivity contribution in [3.8, 4) is 0 Å². The molecule has 98 valence electrons. The fourth-order valence-electron chi connectivity index (χ4n) is 1.92. The SMILES string of the molecule is CSCc1ccc(C(=O)NCC(N)C2CC2)cc1. The molecule has 3 nitrogen and oxygen atoms in total. The summed E-state index contributed by atoms with van der Waals surface area (Å²) in [4.78, 5) is 11.9. The van der Waals surface area contributed by atoms with Crippen LogP contribution in [0.3, 0.4) is 0 Å². The summed E-state index contributed by atoms with van der Waals surface area (Å²) < 4.78 is 0. The number of amides is 1. The second-order valence-corrected chi connectivity index (χ2v) is 5.71. The summed E-state index contributed by atoms with van der Waals surface area (Å²) in [5.74, 6) is 1.57. The normalized spacial score (nSPS) is 16.3. The first kappa shape index (κ1) is 13.4. The highest BCUT2D eigenvalue weighted by Crippen LogP contribution is 2.31. The molecule has 1 amide bonds. The van der Waals surface area contributed by atoms with Gasteiger partial charge >= 0.3 is 0 Å². The third-order valence-corrected chi connectivity index (χ3v) is 3.87. The largest absolute Gasteiger partial charge is 0.350 e. The predicted molar refractivity (Wildman–Crippen MR) is 76.7 cm³/mol. The first-order chi connectivity index (χ1) is 8.70. The van der Waals surface area contributed by atoms with Crippen molar-refractivity contribution in [3.05, 3.63) is 35.4 Å². The van der Waals surface area contributed by atoms with E-state index >= 15 is 0 Å². The lowest BCUT2D eigenvalue weighted by Crippen LogP contribution is -2.38.